The maximum atomic E-state index is 14.1. The molecule has 1 aliphatic heterocycles. The van der Waals surface area contributed by atoms with Crippen LogP contribution >= 0.6 is 0 Å². The van der Waals surface area contributed by atoms with Crippen LogP contribution in [0.25, 0.3) is 0 Å². The summed E-state index contributed by atoms with van der Waals surface area (Å²) >= 11 is 0. The van der Waals surface area contributed by atoms with E-state index in [-0.39, 0.29) is 23.2 Å². The molecule has 3 nitrogen and oxygen atoms in total. The van der Waals surface area contributed by atoms with Gasteiger partial charge in [-0.2, -0.15) is 0 Å². The van der Waals surface area contributed by atoms with Gasteiger partial charge in [0.1, 0.15) is 22.9 Å². The topological polar surface area (TPSA) is 40.5 Å². The number of phenols is 1. The first kappa shape index (κ1) is 16.4. The van der Waals surface area contributed by atoms with Gasteiger partial charge in [-0.25, -0.2) is 8.78 Å². The summed E-state index contributed by atoms with van der Waals surface area (Å²) in [5, 5.41) is 9.92. The zero-order valence-corrected chi connectivity index (χ0v) is 13.2. The highest BCUT2D eigenvalue weighted by atomic mass is 19.1. The normalized spacial score (nSPS) is 18.2. The Labute approximate surface area is 139 Å². The highest BCUT2D eigenvalue weighted by Gasteiger charge is 2.30. The van der Waals surface area contributed by atoms with E-state index in [4.69, 9.17) is 0 Å². The Balaban J connectivity index is 2.00. The summed E-state index contributed by atoms with van der Waals surface area (Å²) in [7, 11) is 0. The molecule has 1 amide bonds. The Morgan fingerprint density at radius 1 is 1.08 bits per heavy atom. The second-order valence-electron chi connectivity index (χ2n) is 6.05. The van der Waals surface area contributed by atoms with Crippen LogP contribution in [-0.4, -0.2) is 22.5 Å². The van der Waals surface area contributed by atoms with Gasteiger partial charge in [0.15, 0.2) is 0 Å². The highest BCUT2D eigenvalue weighted by Crippen LogP contribution is 2.33. The van der Waals surface area contributed by atoms with Crippen molar-refractivity contribution in [1.29, 1.82) is 0 Å². The lowest BCUT2D eigenvalue weighted by atomic mass is 9.99. The van der Waals surface area contributed by atoms with Crippen molar-refractivity contribution in [2.24, 2.45) is 0 Å². The van der Waals surface area contributed by atoms with Gasteiger partial charge in [0.25, 0.3) is 5.91 Å². The van der Waals surface area contributed by atoms with E-state index < -0.39 is 11.7 Å². The SMILES string of the molecule is O=C(c1c(O)cccc1F)N1CCCCCC1c1cccc(F)c1. The molecule has 126 valence electrons. The summed E-state index contributed by atoms with van der Waals surface area (Å²) in [6.45, 7) is 0.452. The van der Waals surface area contributed by atoms with Crippen LogP contribution in [0.2, 0.25) is 0 Å². The molecule has 0 bridgehead atoms. The van der Waals surface area contributed by atoms with Crippen molar-refractivity contribution in [1.82, 2.24) is 4.90 Å². The smallest absolute Gasteiger partial charge is 0.261 e. The lowest BCUT2D eigenvalue weighted by Crippen LogP contribution is -2.35. The number of nitrogens with zero attached hydrogens (tertiary/aromatic N) is 1. The zero-order valence-electron chi connectivity index (χ0n) is 13.2. The van der Waals surface area contributed by atoms with Gasteiger partial charge in [-0.15, -0.1) is 0 Å². The Morgan fingerprint density at radius 2 is 1.88 bits per heavy atom. The number of aromatic hydroxyl groups is 1. The van der Waals surface area contributed by atoms with Gasteiger partial charge in [-0.05, 0) is 42.7 Å². The molecule has 0 spiro atoms. The highest BCUT2D eigenvalue weighted by molar-refractivity contribution is 5.97. The van der Waals surface area contributed by atoms with Crippen molar-refractivity contribution in [2.45, 2.75) is 31.7 Å². The molecule has 0 aromatic heterocycles. The molecule has 2 aromatic rings. The van der Waals surface area contributed by atoms with E-state index in [9.17, 15) is 18.7 Å². The van der Waals surface area contributed by atoms with Gasteiger partial charge in [0, 0.05) is 6.54 Å². The number of hydrogen-bond donors (Lipinski definition) is 1. The van der Waals surface area contributed by atoms with Crippen molar-refractivity contribution in [3.8, 4) is 5.75 Å². The molecule has 1 unspecified atom stereocenters. The third-order valence-electron chi connectivity index (χ3n) is 4.45. The molecule has 0 saturated carbocycles. The summed E-state index contributed by atoms with van der Waals surface area (Å²) < 4.78 is 27.7. The van der Waals surface area contributed by atoms with E-state index in [1.165, 1.54) is 24.3 Å². The third kappa shape index (κ3) is 3.25. The summed E-state index contributed by atoms with van der Waals surface area (Å²) in [6.07, 6.45) is 3.35. The summed E-state index contributed by atoms with van der Waals surface area (Å²) in [6, 6.07) is 9.64. The molecule has 24 heavy (non-hydrogen) atoms. The second-order valence-corrected chi connectivity index (χ2v) is 6.05. The van der Waals surface area contributed by atoms with E-state index >= 15 is 0 Å². The van der Waals surface area contributed by atoms with Crippen molar-refractivity contribution in [3.05, 3.63) is 65.2 Å². The minimum Gasteiger partial charge on any atom is -0.507 e. The zero-order chi connectivity index (χ0) is 17.1. The standard InChI is InChI=1S/C19H19F2NO2/c20-14-7-4-6-13(12-14)16-9-2-1-3-11-22(16)19(24)18-15(21)8-5-10-17(18)23/h4-8,10,12,16,23H,1-3,9,11H2. The van der Waals surface area contributed by atoms with Crippen LogP contribution in [0.5, 0.6) is 5.75 Å². The van der Waals surface area contributed by atoms with E-state index in [0.717, 1.165) is 25.3 Å². The first-order valence-corrected chi connectivity index (χ1v) is 8.12. The van der Waals surface area contributed by atoms with Gasteiger partial charge in [-0.3, -0.25) is 4.79 Å². The van der Waals surface area contributed by atoms with Crippen molar-refractivity contribution >= 4 is 5.91 Å². The number of likely N-dealkylation sites (tertiary alicyclic amines) is 1. The molecular weight excluding hydrogens is 312 g/mol. The molecule has 3 rings (SSSR count). The number of amides is 1. The molecule has 5 heteroatoms. The van der Waals surface area contributed by atoms with E-state index in [0.29, 0.717) is 18.5 Å². The number of hydrogen-bond acceptors (Lipinski definition) is 2. The third-order valence-corrected chi connectivity index (χ3v) is 4.45. The predicted octanol–water partition coefficient (Wildman–Crippen LogP) is 4.43. The fraction of sp³-hybridized carbons (Fsp3) is 0.316. The monoisotopic (exact) mass is 331 g/mol. The maximum absolute atomic E-state index is 14.1. The predicted molar refractivity (Wildman–Crippen MR) is 86.7 cm³/mol. The number of rotatable bonds is 2. The fourth-order valence-corrected chi connectivity index (χ4v) is 3.28. The van der Waals surface area contributed by atoms with Crippen LogP contribution in [0.15, 0.2) is 42.5 Å². The lowest BCUT2D eigenvalue weighted by molar-refractivity contribution is 0.0672. The van der Waals surface area contributed by atoms with Crippen LogP contribution in [0, 0.1) is 11.6 Å². The molecule has 1 saturated heterocycles. The minimum absolute atomic E-state index is 0.319. The van der Waals surface area contributed by atoms with Crippen molar-refractivity contribution < 1.29 is 18.7 Å². The first-order chi connectivity index (χ1) is 11.6. The quantitative estimate of drug-likeness (QED) is 0.884. The van der Waals surface area contributed by atoms with Gasteiger partial charge >= 0.3 is 0 Å². The van der Waals surface area contributed by atoms with Gasteiger partial charge < -0.3 is 10.0 Å². The van der Waals surface area contributed by atoms with Gasteiger partial charge in [0.2, 0.25) is 0 Å². The Morgan fingerprint density at radius 3 is 2.62 bits per heavy atom. The molecule has 1 heterocycles. The van der Waals surface area contributed by atoms with Gasteiger partial charge in [0.05, 0.1) is 6.04 Å². The number of benzene rings is 2. The molecule has 0 aliphatic carbocycles. The fourth-order valence-electron chi connectivity index (χ4n) is 3.28. The Kier molecular flexibility index (Phi) is 4.79. The average molecular weight is 331 g/mol. The molecule has 1 N–H and O–H groups in total. The lowest BCUT2D eigenvalue weighted by Gasteiger charge is -2.31. The first-order valence-electron chi connectivity index (χ1n) is 8.12. The molecule has 1 aliphatic rings. The van der Waals surface area contributed by atoms with Crippen molar-refractivity contribution in [3.63, 3.8) is 0 Å². The van der Waals surface area contributed by atoms with Crippen molar-refractivity contribution in [2.75, 3.05) is 6.54 Å². The van der Waals surface area contributed by atoms with Crippen LogP contribution in [-0.2, 0) is 0 Å². The Hall–Kier alpha value is -2.43. The molecular formula is C19H19F2NO2. The second kappa shape index (κ2) is 6.99. The summed E-state index contributed by atoms with van der Waals surface area (Å²) in [5.74, 6) is -2.04. The van der Waals surface area contributed by atoms with Crippen LogP contribution in [0.3, 0.4) is 0 Å². The van der Waals surface area contributed by atoms with Gasteiger partial charge in [-0.1, -0.05) is 31.0 Å². The molecule has 0 radical (unpaired) electrons. The average Bonchev–Trinajstić information content (AvgIpc) is 2.80. The molecule has 1 atom stereocenters. The summed E-state index contributed by atoms with van der Waals surface area (Å²) in [5.41, 5.74) is 0.377. The molecule has 2 aromatic carbocycles. The van der Waals surface area contributed by atoms with Crippen LogP contribution < -0.4 is 0 Å². The number of carbonyl (C=O) groups is 1. The number of carbonyl (C=O) groups excluding carboxylic acids is 1. The Bertz CT molecular complexity index is 728. The minimum atomic E-state index is -0.748. The van der Waals surface area contributed by atoms with Crippen LogP contribution in [0.4, 0.5) is 8.78 Å². The largest absolute Gasteiger partial charge is 0.507 e. The van der Waals surface area contributed by atoms with E-state index in [1.54, 1.807) is 17.0 Å². The summed E-state index contributed by atoms with van der Waals surface area (Å²) in [4.78, 5) is 14.5. The molecule has 1 fully saturated rings. The van der Waals surface area contributed by atoms with E-state index in [1.807, 2.05) is 0 Å². The number of phenolic OH excluding ortho intramolecular Hbond substituents is 1. The van der Waals surface area contributed by atoms with E-state index in [2.05, 4.69) is 0 Å². The maximum Gasteiger partial charge on any atom is 0.261 e. The number of halogens is 2. The van der Waals surface area contributed by atoms with Crippen LogP contribution in [0.1, 0.15) is 47.6 Å².